The van der Waals surface area contributed by atoms with Gasteiger partial charge in [-0.15, -0.1) is 23.1 Å². The summed E-state index contributed by atoms with van der Waals surface area (Å²) in [6, 6.07) is 30.5. The predicted octanol–water partition coefficient (Wildman–Crippen LogP) is 7.36. The number of nitrogens with one attached hydrogen (secondary N) is 3. The molecule has 47 heavy (non-hydrogen) atoms. The van der Waals surface area contributed by atoms with E-state index in [4.69, 9.17) is 9.47 Å². The fourth-order valence-electron chi connectivity index (χ4n) is 4.38. The summed E-state index contributed by atoms with van der Waals surface area (Å²) in [6.07, 6.45) is 1.59. The molecule has 3 amide bonds. The van der Waals surface area contributed by atoms with Crippen molar-refractivity contribution in [3.8, 4) is 22.8 Å². The van der Waals surface area contributed by atoms with E-state index in [1.54, 1.807) is 93.9 Å². The summed E-state index contributed by atoms with van der Waals surface area (Å²) in [6.45, 7) is 1.80. The monoisotopic (exact) mass is 664 g/mol. The zero-order chi connectivity index (χ0) is 33.2. The van der Waals surface area contributed by atoms with Crippen molar-refractivity contribution in [1.29, 1.82) is 0 Å². The Hall–Kier alpha value is -5.39. The van der Waals surface area contributed by atoms with Crippen molar-refractivity contribution in [3.05, 3.63) is 125 Å². The van der Waals surface area contributed by atoms with Gasteiger partial charge in [0.2, 0.25) is 5.91 Å². The molecule has 4 aromatic carbocycles. The van der Waals surface area contributed by atoms with Gasteiger partial charge < -0.3 is 25.4 Å². The molecule has 5 aromatic rings. The first kappa shape index (κ1) is 33.0. The molecule has 0 saturated carbocycles. The number of hydrogen-bond donors (Lipinski definition) is 3. The highest BCUT2D eigenvalue weighted by Gasteiger charge is 2.18. The molecule has 5 rings (SSSR count). The fraction of sp³-hybridized carbons (Fsp3) is 0.111. The lowest BCUT2D eigenvalue weighted by atomic mass is 10.1. The van der Waals surface area contributed by atoms with Gasteiger partial charge in [0.25, 0.3) is 11.8 Å². The standard InChI is InChI=1S/C36H32N4O5S2/c1-23(33(41)40-36-39-32(22-46-36)25-15-17-28(44-2)18-16-25)47-30-14-8-12-27(21-30)37-35(43)31(20-24-9-7-13-29(19-24)45-3)38-34(42)26-10-5-4-6-11-26/h4-23H,1-3H3,(H,37,43)(H,38,42)(H,39,40,41)/b31-20-. The van der Waals surface area contributed by atoms with E-state index in [9.17, 15) is 14.4 Å². The number of rotatable bonds is 12. The van der Waals surface area contributed by atoms with Gasteiger partial charge in [-0.2, -0.15) is 0 Å². The molecule has 238 valence electrons. The molecular formula is C36H32N4O5S2. The third-order valence-electron chi connectivity index (χ3n) is 6.83. The first-order valence-electron chi connectivity index (χ1n) is 14.5. The number of ether oxygens (including phenoxy) is 2. The summed E-state index contributed by atoms with van der Waals surface area (Å²) in [5, 5.41) is 10.4. The highest BCUT2D eigenvalue weighted by atomic mass is 32.2. The van der Waals surface area contributed by atoms with Gasteiger partial charge >= 0.3 is 0 Å². The summed E-state index contributed by atoms with van der Waals surface area (Å²) in [5.74, 6) is 0.235. The van der Waals surface area contributed by atoms with Crippen LogP contribution in [0.15, 0.2) is 119 Å². The number of aromatic nitrogens is 1. The van der Waals surface area contributed by atoms with Crippen LogP contribution < -0.4 is 25.4 Å². The molecular weight excluding hydrogens is 633 g/mol. The first-order valence-corrected chi connectivity index (χ1v) is 16.3. The zero-order valence-electron chi connectivity index (χ0n) is 25.9. The molecule has 1 aromatic heterocycles. The SMILES string of the molecule is COc1ccc(-c2csc(NC(=O)C(C)Sc3cccc(NC(=O)/C(=C/c4cccc(OC)c4)NC(=O)c4ccccc4)c3)n2)cc1. The molecule has 0 aliphatic heterocycles. The van der Waals surface area contributed by atoms with Crippen LogP contribution in [0, 0.1) is 0 Å². The first-order chi connectivity index (χ1) is 22.8. The van der Waals surface area contributed by atoms with Crippen LogP contribution in [0.25, 0.3) is 17.3 Å². The molecule has 0 radical (unpaired) electrons. The van der Waals surface area contributed by atoms with Crippen LogP contribution in [0.5, 0.6) is 11.5 Å². The number of thioether (sulfide) groups is 1. The highest BCUT2D eigenvalue weighted by Crippen LogP contribution is 2.29. The second-order valence-electron chi connectivity index (χ2n) is 10.2. The second kappa shape index (κ2) is 15.7. The number of anilines is 2. The Bertz CT molecular complexity index is 1890. The molecule has 0 fully saturated rings. The third kappa shape index (κ3) is 9.09. The molecule has 0 aliphatic rings. The van der Waals surface area contributed by atoms with Crippen LogP contribution in [-0.4, -0.2) is 42.2 Å². The normalized spacial score (nSPS) is 11.7. The maximum atomic E-state index is 13.5. The van der Waals surface area contributed by atoms with Gasteiger partial charge in [-0.05, 0) is 85.3 Å². The van der Waals surface area contributed by atoms with Crippen LogP contribution in [0.1, 0.15) is 22.8 Å². The Morgan fingerprint density at radius 3 is 2.32 bits per heavy atom. The van der Waals surface area contributed by atoms with Crippen molar-refractivity contribution in [2.75, 3.05) is 24.9 Å². The zero-order valence-corrected chi connectivity index (χ0v) is 27.5. The summed E-state index contributed by atoms with van der Waals surface area (Å²) >= 11 is 2.69. The molecule has 1 atom stereocenters. The second-order valence-corrected chi connectivity index (χ2v) is 12.4. The Labute approximate surface area is 281 Å². The van der Waals surface area contributed by atoms with E-state index in [1.807, 2.05) is 41.8 Å². The minimum Gasteiger partial charge on any atom is -0.497 e. The number of carbonyl (C=O) groups is 3. The van der Waals surface area contributed by atoms with E-state index < -0.39 is 17.1 Å². The maximum absolute atomic E-state index is 13.5. The van der Waals surface area contributed by atoms with E-state index in [0.717, 1.165) is 21.9 Å². The Kier molecular flexibility index (Phi) is 11.1. The largest absolute Gasteiger partial charge is 0.497 e. The number of carbonyl (C=O) groups excluding carboxylic acids is 3. The van der Waals surface area contributed by atoms with Crippen molar-refractivity contribution in [2.24, 2.45) is 0 Å². The minimum atomic E-state index is -0.513. The molecule has 11 heteroatoms. The smallest absolute Gasteiger partial charge is 0.272 e. The molecule has 0 spiro atoms. The van der Waals surface area contributed by atoms with Crippen molar-refractivity contribution >= 4 is 57.7 Å². The number of methoxy groups -OCH3 is 2. The van der Waals surface area contributed by atoms with Crippen molar-refractivity contribution < 1.29 is 23.9 Å². The summed E-state index contributed by atoms with van der Waals surface area (Å²) < 4.78 is 10.5. The van der Waals surface area contributed by atoms with Crippen LogP contribution >= 0.6 is 23.1 Å². The van der Waals surface area contributed by atoms with Gasteiger partial charge in [0.05, 0.1) is 25.2 Å². The van der Waals surface area contributed by atoms with E-state index in [1.165, 1.54) is 23.1 Å². The van der Waals surface area contributed by atoms with Crippen molar-refractivity contribution in [3.63, 3.8) is 0 Å². The predicted molar refractivity (Wildman–Crippen MR) is 188 cm³/mol. The van der Waals surface area contributed by atoms with Gasteiger partial charge in [0.1, 0.15) is 17.2 Å². The summed E-state index contributed by atoms with van der Waals surface area (Å²) in [4.78, 5) is 44.9. The number of benzene rings is 4. The number of thiazole rings is 1. The van der Waals surface area contributed by atoms with Crippen LogP contribution in [0.4, 0.5) is 10.8 Å². The van der Waals surface area contributed by atoms with Gasteiger partial charge in [-0.1, -0.05) is 36.4 Å². The lowest BCUT2D eigenvalue weighted by molar-refractivity contribution is -0.115. The molecule has 1 unspecified atom stereocenters. The minimum absolute atomic E-state index is 0.0513. The van der Waals surface area contributed by atoms with E-state index in [-0.39, 0.29) is 11.6 Å². The highest BCUT2D eigenvalue weighted by molar-refractivity contribution is 8.00. The van der Waals surface area contributed by atoms with Gasteiger partial charge in [0.15, 0.2) is 5.13 Å². The average molecular weight is 665 g/mol. The quantitative estimate of drug-likeness (QED) is 0.0943. The molecule has 3 N–H and O–H groups in total. The van der Waals surface area contributed by atoms with Crippen LogP contribution in [-0.2, 0) is 9.59 Å². The van der Waals surface area contributed by atoms with E-state index >= 15 is 0 Å². The lowest BCUT2D eigenvalue weighted by Crippen LogP contribution is -2.30. The third-order valence-corrected chi connectivity index (χ3v) is 8.68. The summed E-state index contributed by atoms with van der Waals surface area (Å²) in [7, 11) is 3.17. The lowest BCUT2D eigenvalue weighted by Gasteiger charge is -2.14. The van der Waals surface area contributed by atoms with E-state index in [2.05, 4.69) is 20.9 Å². The Morgan fingerprint density at radius 1 is 0.830 bits per heavy atom. The topological polar surface area (TPSA) is 119 Å². The van der Waals surface area contributed by atoms with Crippen LogP contribution in [0.2, 0.25) is 0 Å². The number of hydrogen-bond acceptors (Lipinski definition) is 8. The van der Waals surface area contributed by atoms with Gasteiger partial charge in [-0.25, -0.2) is 4.98 Å². The molecule has 0 aliphatic carbocycles. The Morgan fingerprint density at radius 2 is 1.57 bits per heavy atom. The van der Waals surface area contributed by atoms with Gasteiger partial charge in [0, 0.05) is 27.1 Å². The van der Waals surface area contributed by atoms with Crippen molar-refractivity contribution in [1.82, 2.24) is 10.3 Å². The number of nitrogens with zero attached hydrogens (tertiary/aromatic N) is 1. The summed E-state index contributed by atoms with van der Waals surface area (Å²) in [5.41, 5.74) is 3.32. The molecule has 0 bridgehead atoms. The number of amides is 3. The Balaban J connectivity index is 1.25. The van der Waals surface area contributed by atoms with Crippen LogP contribution in [0.3, 0.4) is 0 Å². The van der Waals surface area contributed by atoms with E-state index in [0.29, 0.717) is 27.7 Å². The average Bonchev–Trinajstić information content (AvgIpc) is 3.57. The van der Waals surface area contributed by atoms with Crippen molar-refractivity contribution in [2.45, 2.75) is 17.1 Å². The maximum Gasteiger partial charge on any atom is 0.272 e. The van der Waals surface area contributed by atoms with Gasteiger partial charge in [-0.3, -0.25) is 14.4 Å². The fourth-order valence-corrected chi connectivity index (χ4v) is 6.03. The molecule has 0 saturated heterocycles. The molecule has 9 nitrogen and oxygen atoms in total. The molecule has 1 heterocycles.